The molecule has 2 unspecified atom stereocenters. The van der Waals surface area contributed by atoms with Crippen molar-refractivity contribution < 1.29 is 51.7 Å². The molecule has 1 aliphatic heterocycles. The van der Waals surface area contributed by atoms with Gasteiger partial charge in [-0.3, -0.25) is 9.05 Å². The van der Waals surface area contributed by atoms with Crippen LogP contribution in [0.25, 0.3) is 5.52 Å². The first-order chi connectivity index (χ1) is 27.4. The van der Waals surface area contributed by atoms with Crippen molar-refractivity contribution in [3.8, 4) is 0 Å². The van der Waals surface area contributed by atoms with Gasteiger partial charge in [0.2, 0.25) is 0 Å². The predicted molar refractivity (Wildman–Crippen MR) is 212 cm³/mol. The number of unbranched alkanes of at least 4 members (excludes halogenated alkanes) is 15. The van der Waals surface area contributed by atoms with Crippen LogP contribution in [0.4, 0.5) is 14.6 Å². The van der Waals surface area contributed by atoms with E-state index in [1.807, 2.05) is 0 Å². The number of benzene rings is 1. The number of nitrogen functional groups attached to an aromatic ring is 1. The summed E-state index contributed by atoms with van der Waals surface area (Å²) >= 11 is 0. The molecule has 5 N–H and O–H groups in total. The van der Waals surface area contributed by atoms with Crippen LogP contribution in [-0.2, 0) is 40.0 Å². The van der Waals surface area contributed by atoms with E-state index >= 15 is 0 Å². The maximum Gasteiger partial charge on any atom is 0.472 e. The van der Waals surface area contributed by atoms with E-state index in [4.69, 9.17) is 29.0 Å². The minimum atomic E-state index is -4.83. The largest absolute Gasteiger partial charge is 0.472 e. The van der Waals surface area contributed by atoms with Crippen molar-refractivity contribution >= 4 is 19.2 Å². The summed E-state index contributed by atoms with van der Waals surface area (Å²) in [5.74, 6) is 0.213. The van der Waals surface area contributed by atoms with Crippen LogP contribution in [0.2, 0.25) is 0 Å². The standard InChI is InChI=1S/C41H63F2N4O9P/c1-3-4-5-6-7-8-9-10-11-12-13-14-15-16-17-18-24-52-27-32(53-26-30-20-19-21-31(25-30)37(42)43)28-54-57(50,51)56-36-35-41(36,49)39(48)40(2,55-35)34-23-22-33-38(44)45-29-46-47(33)34/h19-23,25,29,32,35-37,39,48-49H,3-18,24,26-28H2,1-2H3,(H,50,51)(H2,44,45,46)/t32-,35-,36?,39+,40+,41+/m1/s1. The number of fused-ring (bicyclic) bond motifs is 2. The van der Waals surface area contributed by atoms with Crippen molar-refractivity contribution in [3.63, 3.8) is 0 Å². The summed E-state index contributed by atoms with van der Waals surface area (Å²) < 4.78 is 69.6. The molecular weight excluding hydrogens is 761 g/mol. The molecule has 0 spiro atoms. The topological polar surface area (TPSA) is 180 Å². The smallest absolute Gasteiger partial charge is 0.386 e. The maximum atomic E-state index is 13.3. The van der Waals surface area contributed by atoms with Crippen LogP contribution in [0, 0.1) is 0 Å². The molecule has 1 saturated carbocycles. The number of alkyl halides is 2. The molecule has 0 bridgehead atoms. The highest BCUT2D eigenvalue weighted by Gasteiger charge is 2.82. The molecule has 7 atom stereocenters. The lowest BCUT2D eigenvalue weighted by Crippen LogP contribution is -2.46. The number of phosphoric acid groups is 1. The number of nitrogens with zero attached hydrogens (tertiary/aromatic N) is 3. The molecular formula is C41H63F2N4O9P. The SMILES string of the molecule is CCCCCCCCCCCCCCCCCCOC[C@H](COP(=O)(O)OC1[C@H]2O[C@@](C)(c3ccc4c(N)ncnn34)[C@H](O)[C@@]12O)OCc1cccc(C(F)F)c1. The minimum absolute atomic E-state index is 0.0167. The number of anilines is 1. The lowest BCUT2D eigenvalue weighted by molar-refractivity contribution is -0.127. The molecule has 13 nitrogen and oxygen atoms in total. The molecule has 5 rings (SSSR count). The number of aromatic nitrogens is 3. The van der Waals surface area contributed by atoms with Crippen molar-refractivity contribution in [2.24, 2.45) is 0 Å². The number of aliphatic hydroxyl groups excluding tert-OH is 1. The molecule has 57 heavy (non-hydrogen) atoms. The lowest BCUT2D eigenvalue weighted by atomic mass is 9.91. The van der Waals surface area contributed by atoms with Crippen molar-refractivity contribution in [2.45, 2.75) is 165 Å². The summed E-state index contributed by atoms with van der Waals surface area (Å²) in [6, 6.07) is 9.11. The highest BCUT2D eigenvalue weighted by atomic mass is 31.2. The average molecular weight is 825 g/mol. The molecule has 0 radical (unpaired) electrons. The summed E-state index contributed by atoms with van der Waals surface area (Å²) in [6.07, 6.45) is 13.8. The van der Waals surface area contributed by atoms with Gasteiger partial charge in [0, 0.05) is 12.2 Å². The number of hydrogen-bond donors (Lipinski definition) is 4. The van der Waals surface area contributed by atoms with Gasteiger partial charge in [-0.05, 0) is 37.1 Å². The monoisotopic (exact) mass is 824 g/mol. The fourth-order valence-electron chi connectivity index (χ4n) is 7.73. The fourth-order valence-corrected chi connectivity index (χ4v) is 8.71. The van der Waals surface area contributed by atoms with Crippen LogP contribution in [0.1, 0.15) is 140 Å². The number of halogens is 2. The summed E-state index contributed by atoms with van der Waals surface area (Å²) in [5.41, 5.74) is 3.68. The van der Waals surface area contributed by atoms with Crippen LogP contribution in [-0.4, -0.2) is 79.5 Å². The zero-order valence-corrected chi connectivity index (χ0v) is 34.4. The van der Waals surface area contributed by atoms with Gasteiger partial charge < -0.3 is 35.1 Å². The van der Waals surface area contributed by atoms with Crippen LogP contribution in [0.3, 0.4) is 0 Å². The van der Waals surface area contributed by atoms with Gasteiger partial charge in [0.25, 0.3) is 6.43 Å². The Hall–Kier alpha value is -2.59. The second-order valence-corrected chi connectivity index (χ2v) is 17.1. The van der Waals surface area contributed by atoms with Gasteiger partial charge in [-0.1, -0.05) is 121 Å². The zero-order chi connectivity index (χ0) is 40.9. The van der Waals surface area contributed by atoms with E-state index in [1.165, 1.54) is 113 Å². The van der Waals surface area contributed by atoms with E-state index in [9.17, 15) is 28.5 Å². The first-order valence-electron chi connectivity index (χ1n) is 20.8. The van der Waals surface area contributed by atoms with Gasteiger partial charge in [0.05, 0.1) is 25.5 Å². The van der Waals surface area contributed by atoms with Crippen molar-refractivity contribution in [3.05, 3.63) is 59.5 Å². The molecule has 3 aromatic rings. The molecule has 3 heterocycles. The normalized spacial score (nSPS) is 24.6. The number of nitrogens with two attached hydrogens (primary N) is 1. The van der Waals surface area contributed by atoms with E-state index in [2.05, 4.69) is 17.0 Å². The summed E-state index contributed by atoms with van der Waals surface area (Å²) in [5, 5.41) is 26.8. The Balaban J connectivity index is 1.03. The number of hydrogen-bond acceptors (Lipinski definition) is 11. The fraction of sp³-hybridized carbons (Fsp3) is 0.707. The molecule has 1 aromatic carbocycles. The van der Waals surface area contributed by atoms with Crippen molar-refractivity contribution in [1.82, 2.24) is 14.6 Å². The Morgan fingerprint density at radius 3 is 2.18 bits per heavy atom. The predicted octanol–water partition coefficient (Wildman–Crippen LogP) is 8.33. The molecule has 2 aromatic heterocycles. The third-order valence-electron chi connectivity index (χ3n) is 11.2. The van der Waals surface area contributed by atoms with Gasteiger partial charge in [0.1, 0.15) is 41.9 Å². The molecule has 1 aliphatic carbocycles. The molecule has 0 amide bonds. The number of rotatable bonds is 29. The number of aliphatic hydroxyl groups is 2. The van der Waals surface area contributed by atoms with Crippen LogP contribution < -0.4 is 5.73 Å². The van der Waals surface area contributed by atoms with Gasteiger partial charge in [0.15, 0.2) is 11.4 Å². The Kier molecular flexibility index (Phi) is 17.2. The Morgan fingerprint density at radius 2 is 1.58 bits per heavy atom. The van der Waals surface area contributed by atoms with E-state index in [1.54, 1.807) is 25.1 Å². The maximum absolute atomic E-state index is 13.3. The first kappa shape index (κ1) is 45.5. The zero-order valence-electron chi connectivity index (χ0n) is 33.5. The highest BCUT2D eigenvalue weighted by Crippen LogP contribution is 2.63. The van der Waals surface area contributed by atoms with E-state index in [0.29, 0.717) is 23.4 Å². The van der Waals surface area contributed by atoms with Crippen molar-refractivity contribution in [2.75, 3.05) is 25.6 Å². The van der Waals surface area contributed by atoms with Crippen LogP contribution in [0.15, 0.2) is 42.7 Å². The molecule has 2 aliphatic rings. The highest BCUT2D eigenvalue weighted by molar-refractivity contribution is 7.47. The van der Waals surface area contributed by atoms with Gasteiger partial charge in [-0.2, -0.15) is 5.10 Å². The van der Waals surface area contributed by atoms with E-state index in [0.717, 1.165) is 19.3 Å². The van der Waals surface area contributed by atoms with Gasteiger partial charge in [-0.25, -0.2) is 22.8 Å². The summed E-state index contributed by atoms with van der Waals surface area (Å²) in [7, 11) is -4.83. The Labute approximate surface area is 335 Å². The minimum Gasteiger partial charge on any atom is -0.386 e. The van der Waals surface area contributed by atoms with Gasteiger partial charge in [-0.15, -0.1) is 0 Å². The molecule has 16 heteroatoms. The second-order valence-electron chi connectivity index (χ2n) is 15.7. The second kappa shape index (κ2) is 21.6. The number of ether oxygens (including phenoxy) is 3. The number of phosphoric ester groups is 1. The van der Waals surface area contributed by atoms with E-state index in [-0.39, 0.29) is 24.6 Å². The average Bonchev–Trinajstić information content (AvgIpc) is 3.43. The van der Waals surface area contributed by atoms with Gasteiger partial charge >= 0.3 is 7.82 Å². The van der Waals surface area contributed by atoms with Crippen LogP contribution in [0.5, 0.6) is 0 Å². The third kappa shape index (κ3) is 12.2. The Morgan fingerprint density at radius 1 is 0.947 bits per heavy atom. The first-order valence-corrected chi connectivity index (χ1v) is 22.3. The summed E-state index contributed by atoms with van der Waals surface area (Å²) in [4.78, 5) is 14.6. The molecule has 320 valence electrons. The molecule has 1 saturated heterocycles. The quantitative estimate of drug-likeness (QED) is 0.0389. The van der Waals surface area contributed by atoms with Crippen LogP contribution >= 0.6 is 7.82 Å². The third-order valence-corrected chi connectivity index (χ3v) is 12.2. The van der Waals surface area contributed by atoms with Crippen molar-refractivity contribution in [1.29, 1.82) is 0 Å². The van der Waals surface area contributed by atoms with E-state index < -0.39 is 56.5 Å². The lowest BCUT2D eigenvalue weighted by Gasteiger charge is -2.32. The summed E-state index contributed by atoms with van der Waals surface area (Å²) in [6.45, 7) is 3.78. The Bertz CT molecular complexity index is 1720. The molecule has 2 fully saturated rings.